The number of carbonyl (C=O) groups excluding carboxylic acids is 3. The fourth-order valence-electron chi connectivity index (χ4n) is 1.90. The van der Waals surface area contributed by atoms with Gasteiger partial charge in [-0.2, -0.15) is 0 Å². The molecule has 0 aromatic heterocycles. The number of nitrogens with one attached hydrogen (secondary N) is 2. The van der Waals surface area contributed by atoms with Crippen LogP contribution in [0, 0.1) is 5.92 Å². The number of carboxylic acids is 1. The van der Waals surface area contributed by atoms with Crippen LogP contribution < -0.4 is 10.6 Å². The van der Waals surface area contributed by atoms with Gasteiger partial charge in [0.25, 0.3) is 0 Å². The molecule has 0 heterocycles. The number of carbonyl (C=O) groups is 4. The van der Waals surface area contributed by atoms with Gasteiger partial charge in [-0.05, 0) is 29.5 Å². The maximum atomic E-state index is 11.9. The summed E-state index contributed by atoms with van der Waals surface area (Å²) in [6.45, 7) is 4.69. The lowest BCUT2D eigenvalue weighted by atomic mass is 10.0. The van der Waals surface area contributed by atoms with E-state index < -0.39 is 30.6 Å². The largest absolute Gasteiger partial charge is 0.480 e. The molecule has 8 nitrogen and oxygen atoms in total. The minimum Gasteiger partial charge on any atom is -0.480 e. The van der Waals surface area contributed by atoms with Crippen molar-refractivity contribution in [1.29, 1.82) is 0 Å². The molecule has 0 aliphatic carbocycles. The number of alkyl carbamates (subject to hydrolysis) is 1. The first-order valence-electron chi connectivity index (χ1n) is 8.24. The van der Waals surface area contributed by atoms with E-state index in [1.165, 1.54) is 6.92 Å². The van der Waals surface area contributed by atoms with Gasteiger partial charge < -0.3 is 20.5 Å². The van der Waals surface area contributed by atoms with Gasteiger partial charge >= 0.3 is 12.1 Å². The summed E-state index contributed by atoms with van der Waals surface area (Å²) in [4.78, 5) is 43.5. The second-order valence-corrected chi connectivity index (χ2v) is 6.50. The summed E-state index contributed by atoms with van der Waals surface area (Å²) in [7, 11) is 0. The predicted molar refractivity (Wildman–Crippen MR) is 100 cm³/mol. The lowest BCUT2D eigenvalue weighted by molar-refractivity contribution is -0.138. The molecule has 3 N–H and O–H groups in total. The van der Waals surface area contributed by atoms with Crippen LogP contribution in [-0.4, -0.2) is 40.9 Å². The summed E-state index contributed by atoms with van der Waals surface area (Å²) >= 11 is 4.64. The molecule has 0 bridgehead atoms. The van der Waals surface area contributed by atoms with Crippen molar-refractivity contribution in [1.82, 2.24) is 10.6 Å². The van der Waals surface area contributed by atoms with Crippen molar-refractivity contribution in [2.45, 2.75) is 39.8 Å². The third-order valence-electron chi connectivity index (χ3n) is 2.94. The van der Waals surface area contributed by atoms with E-state index in [0.717, 1.165) is 5.56 Å². The van der Waals surface area contributed by atoms with Gasteiger partial charge in [0.2, 0.25) is 11.1 Å². The first kappa shape index (κ1) is 24.4. The van der Waals surface area contributed by atoms with Crippen LogP contribution in [0.4, 0.5) is 4.79 Å². The molecule has 0 fully saturated rings. The van der Waals surface area contributed by atoms with Crippen LogP contribution in [0.1, 0.15) is 32.8 Å². The second-order valence-electron chi connectivity index (χ2n) is 5.97. The van der Waals surface area contributed by atoms with Crippen LogP contribution >= 0.6 is 11.6 Å². The van der Waals surface area contributed by atoms with Crippen molar-refractivity contribution >= 4 is 34.8 Å². The monoisotopic (exact) mass is 400 g/mol. The highest BCUT2D eigenvalue weighted by Gasteiger charge is 2.22. The van der Waals surface area contributed by atoms with Gasteiger partial charge in [0.1, 0.15) is 19.2 Å². The Bertz CT molecular complexity index is 618. The first-order valence-corrected chi connectivity index (χ1v) is 8.62. The Hall–Kier alpha value is -2.61. The number of halogens is 1. The number of rotatable bonds is 8. The fraction of sp³-hybridized carbons (Fsp3) is 0.444. The Morgan fingerprint density at radius 1 is 1.15 bits per heavy atom. The number of amides is 2. The molecule has 150 valence electrons. The first-order chi connectivity index (χ1) is 12.6. The van der Waals surface area contributed by atoms with Gasteiger partial charge in [-0.3, -0.25) is 14.4 Å². The quantitative estimate of drug-likeness (QED) is 0.575. The standard InChI is InChI=1S/C16H22N2O5.C2H3ClO/c1-11(2)8-13(15(21)17-9-14(19)20)18-16(22)23-10-12-6-4-3-5-7-12;1-2(3)4/h3-7,11,13H,8-10H2,1-2H3,(H,17,21)(H,18,22)(H,19,20);1H3/t13-;/m0./s1. The number of carboxylic acid groups (broad SMARTS) is 1. The van der Waals surface area contributed by atoms with E-state index >= 15 is 0 Å². The van der Waals surface area contributed by atoms with E-state index in [2.05, 4.69) is 22.2 Å². The molecule has 0 saturated heterocycles. The number of aliphatic carboxylic acids is 1. The van der Waals surface area contributed by atoms with Crippen LogP contribution in [0.5, 0.6) is 0 Å². The summed E-state index contributed by atoms with van der Waals surface area (Å²) < 4.78 is 5.07. The van der Waals surface area contributed by atoms with Crippen molar-refractivity contribution < 1.29 is 29.0 Å². The van der Waals surface area contributed by atoms with Gasteiger partial charge in [-0.15, -0.1) is 0 Å². The van der Waals surface area contributed by atoms with Crippen LogP contribution in [0.15, 0.2) is 30.3 Å². The molecule has 1 aromatic rings. The van der Waals surface area contributed by atoms with Gasteiger partial charge in [0, 0.05) is 6.92 Å². The molecule has 0 aliphatic rings. The molecule has 0 unspecified atom stereocenters. The lowest BCUT2D eigenvalue weighted by Gasteiger charge is -2.19. The average molecular weight is 401 g/mol. The fourth-order valence-corrected chi connectivity index (χ4v) is 1.90. The number of hydrogen-bond donors (Lipinski definition) is 3. The van der Waals surface area contributed by atoms with Crippen LogP contribution in [0.25, 0.3) is 0 Å². The summed E-state index contributed by atoms with van der Waals surface area (Å²) in [6, 6.07) is 8.32. The SMILES string of the molecule is CC(=O)Cl.CC(C)C[C@H](NC(=O)OCc1ccccc1)C(=O)NCC(=O)O. The summed E-state index contributed by atoms with van der Waals surface area (Å²) in [5.41, 5.74) is 0.832. The van der Waals surface area contributed by atoms with Crippen LogP contribution in [0.3, 0.4) is 0 Å². The highest BCUT2D eigenvalue weighted by atomic mass is 35.5. The predicted octanol–water partition coefficient (Wildman–Crippen LogP) is 2.30. The van der Waals surface area contributed by atoms with E-state index in [-0.39, 0.29) is 17.8 Å². The smallest absolute Gasteiger partial charge is 0.408 e. The summed E-state index contributed by atoms with van der Waals surface area (Å²) in [6.07, 6.45) is -0.337. The van der Waals surface area contributed by atoms with E-state index in [1.807, 2.05) is 44.2 Å². The highest BCUT2D eigenvalue weighted by molar-refractivity contribution is 6.62. The van der Waals surface area contributed by atoms with Crippen molar-refractivity contribution in [2.24, 2.45) is 5.92 Å². The van der Waals surface area contributed by atoms with Crippen molar-refractivity contribution in [3.63, 3.8) is 0 Å². The normalized spacial score (nSPS) is 10.9. The minimum atomic E-state index is -1.15. The Balaban J connectivity index is 0.00000153. The zero-order valence-electron chi connectivity index (χ0n) is 15.5. The number of hydrogen-bond acceptors (Lipinski definition) is 5. The lowest BCUT2D eigenvalue weighted by Crippen LogP contribution is -2.48. The van der Waals surface area contributed by atoms with Gasteiger partial charge in [-0.1, -0.05) is 44.2 Å². The third kappa shape index (κ3) is 14.3. The van der Waals surface area contributed by atoms with E-state index in [4.69, 9.17) is 9.84 Å². The average Bonchev–Trinajstić information content (AvgIpc) is 2.57. The van der Waals surface area contributed by atoms with Crippen molar-refractivity contribution in [2.75, 3.05) is 6.54 Å². The maximum absolute atomic E-state index is 11.9. The van der Waals surface area contributed by atoms with Crippen LogP contribution in [0.2, 0.25) is 0 Å². The number of ether oxygens (including phenoxy) is 1. The maximum Gasteiger partial charge on any atom is 0.408 e. The van der Waals surface area contributed by atoms with Crippen molar-refractivity contribution in [3.05, 3.63) is 35.9 Å². The molecule has 1 atom stereocenters. The Morgan fingerprint density at radius 3 is 2.19 bits per heavy atom. The molecule has 0 aliphatic heterocycles. The van der Waals surface area contributed by atoms with Gasteiger partial charge in [-0.25, -0.2) is 4.79 Å². The summed E-state index contributed by atoms with van der Waals surface area (Å²) in [5, 5.41) is 13.0. The molecule has 2 amide bonds. The molecular weight excluding hydrogens is 376 g/mol. The van der Waals surface area contributed by atoms with E-state index in [1.54, 1.807) is 0 Å². The Morgan fingerprint density at radius 2 is 1.70 bits per heavy atom. The molecule has 0 saturated carbocycles. The summed E-state index contributed by atoms with van der Waals surface area (Å²) in [5.74, 6) is -1.55. The molecule has 1 rings (SSSR count). The van der Waals surface area contributed by atoms with E-state index in [0.29, 0.717) is 6.42 Å². The minimum absolute atomic E-state index is 0.0951. The van der Waals surface area contributed by atoms with Crippen molar-refractivity contribution in [3.8, 4) is 0 Å². The topological polar surface area (TPSA) is 122 Å². The molecule has 1 aromatic carbocycles. The van der Waals surface area contributed by atoms with Gasteiger partial charge in [0.15, 0.2) is 0 Å². The van der Waals surface area contributed by atoms with Gasteiger partial charge in [0.05, 0.1) is 0 Å². The molecule has 0 spiro atoms. The Kier molecular flexibility index (Phi) is 12.3. The third-order valence-corrected chi connectivity index (χ3v) is 2.94. The Labute approximate surface area is 163 Å². The zero-order valence-corrected chi connectivity index (χ0v) is 16.3. The molecule has 0 radical (unpaired) electrons. The zero-order chi connectivity index (χ0) is 20.8. The second kappa shape index (κ2) is 13.6. The molecule has 9 heteroatoms. The highest BCUT2D eigenvalue weighted by Crippen LogP contribution is 2.06. The van der Waals surface area contributed by atoms with E-state index in [9.17, 15) is 19.2 Å². The molecule has 27 heavy (non-hydrogen) atoms. The molecular formula is C18H25ClN2O6. The van der Waals surface area contributed by atoms with Crippen LogP contribution in [-0.2, 0) is 25.7 Å². The number of benzene rings is 1.